The van der Waals surface area contributed by atoms with Gasteiger partial charge in [0, 0.05) is 31.9 Å². The van der Waals surface area contributed by atoms with Crippen molar-refractivity contribution in [1.82, 2.24) is 15.6 Å². The average Bonchev–Trinajstić information content (AvgIpc) is 2.71. The van der Waals surface area contributed by atoms with Crippen LogP contribution in [0.3, 0.4) is 0 Å². The quantitative estimate of drug-likeness (QED) is 0.374. The summed E-state index contributed by atoms with van der Waals surface area (Å²) in [6, 6.07) is 11.5. The summed E-state index contributed by atoms with van der Waals surface area (Å²) in [5.41, 5.74) is 0.946. The molecule has 0 radical (unpaired) electrons. The summed E-state index contributed by atoms with van der Waals surface area (Å²) in [7, 11) is 1.77. The molecule has 0 saturated heterocycles. The second-order valence-corrected chi connectivity index (χ2v) is 6.07. The standard InChI is InChI=1S/C21H30N4O2/c1-4-6-13-24-21(22-3)25-16-17-10-9-14-23-20(17)27-19-12-8-7-11-18(19)26-15-5-2/h7-12,14H,4-6,13,15-16H2,1-3H3,(H2,22,24,25). The highest BCUT2D eigenvalue weighted by atomic mass is 16.5. The zero-order valence-electron chi connectivity index (χ0n) is 16.5. The average molecular weight is 370 g/mol. The van der Waals surface area contributed by atoms with Crippen molar-refractivity contribution in [3.8, 4) is 17.4 Å². The number of rotatable bonds is 10. The zero-order chi connectivity index (χ0) is 19.3. The lowest BCUT2D eigenvalue weighted by molar-refractivity contribution is 0.300. The molecule has 0 unspecified atom stereocenters. The van der Waals surface area contributed by atoms with E-state index in [1.165, 1.54) is 0 Å². The van der Waals surface area contributed by atoms with E-state index in [0.717, 1.165) is 43.1 Å². The lowest BCUT2D eigenvalue weighted by Gasteiger charge is -2.15. The third-order valence-electron chi connectivity index (χ3n) is 3.86. The van der Waals surface area contributed by atoms with Gasteiger partial charge >= 0.3 is 0 Å². The van der Waals surface area contributed by atoms with Crippen LogP contribution < -0.4 is 20.1 Å². The summed E-state index contributed by atoms with van der Waals surface area (Å²) in [6.07, 6.45) is 4.92. The minimum absolute atomic E-state index is 0.557. The fourth-order valence-corrected chi connectivity index (χ4v) is 2.40. The smallest absolute Gasteiger partial charge is 0.224 e. The van der Waals surface area contributed by atoms with Crippen molar-refractivity contribution in [1.29, 1.82) is 0 Å². The normalized spacial score (nSPS) is 11.1. The van der Waals surface area contributed by atoms with E-state index in [0.29, 0.717) is 24.8 Å². The Morgan fingerprint density at radius 2 is 1.85 bits per heavy atom. The first kappa shape index (κ1) is 20.6. The number of pyridine rings is 1. The minimum Gasteiger partial charge on any atom is -0.490 e. The molecule has 2 aromatic rings. The molecular formula is C21H30N4O2. The summed E-state index contributed by atoms with van der Waals surface area (Å²) in [5, 5.41) is 6.61. The van der Waals surface area contributed by atoms with Gasteiger partial charge in [-0.05, 0) is 31.0 Å². The molecule has 0 saturated carbocycles. The Morgan fingerprint density at radius 1 is 1.04 bits per heavy atom. The molecule has 1 heterocycles. The molecule has 146 valence electrons. The highest BCUT2D eigenvalue weighted by Crippen LogP contribution is 2.31. The molecule has 1 aromatic heterocycles. The zero-order valence-corrected chi connectivity index (χ0v) is 16.5. The molecule has 0 aliphatic rings. The van der Waals surface area contributed by atoms with Crippen LogP contribution in [0.2, 0.25) is 0 Å². The third kappa shape index (κ3) is 6.81. The number of unbranched alkanes of at least 4 members (excludes halogenated alkanes) is 1. The van der Waals surface area contributed by atoms with Crippen molar-refractivity contribution in [3.63, 3.8) is 0 Å². The topological polar surface area (TPSA) is 67.8 Å². The van der Waals surface area contributed by atoms with Crippen LogP contribution in [0.15, 0.2) is 47.6 Å². The number of nitrogens with zero attached hydrogens (tertiary/aromatic N) is 2. The predicted octanol–water partition coefficient (Wildman–Crippen LogP) is 4.13. The molecule has 6 nitrogen and oxygen atoms in total. The second-order valence-electron chi connectivity index (χ2n) is 6.07. The number of aliphatic imine (C=N–C) groups is 1. The number of hydrogen-bond acceptors (Lipinski definition) is 4. The maximum absolute atomic E-state index is 6.07. The number of para-hydroxylation sites is 2. The van der Waals surface area contributed by atoms with E-state index in [4.69, 9.17) is 9.47 Å². The monoisotopic (exact) mass is 370 g/mol. The molecule has 2 N–H and O–H groups in total. The number of guanidine groups is 1. The van der Waals surface area contributed by atoms with E-state index in [1.807, 2.05) is 36.4 Å². The van der Waals surface area contributed by atoms with Gasteiger partial charge in [-0.3, -0.25) is 4.99 Å². The number of nitrogens with one attached hydrogen (secondary N) is 2. The summed E-state index contributed by atoms with van der Waals surface area (Å²) in [6.45, 7) is 6.35. The van der Waals surface area contributed by atoms with Crippen molar-refractivity contribution in [3.05, 3.63) is 48.2 Å². The molecule has 6 heteroatoms. The minimum atomic E-state index is 0.557. The molecule has 0 aliphatic carbocycles. The molecular weight excluding hydrogens is 340 g/mol. The van der Waals surface area contributed by atoms with Crippen molar-refractivity contribution in [2.45, 2.75) is 39.7 Å². The number of hydrogen-bond donors (Lipinski definition) is 2. The van der Waals surface area contributed by atoms with Gasteiger partial charge in [0.15, 0.2) is 17.5 Å². The van der Waals surface area contributed by atoms with Crippen molar-refractivity contribution >= 4 is 5.96 Å². The lowest BCUT2D eigenvalue weighted by Crippen LogP contribution is -2.37. The first-order valence-electron chi connectivity index (χ1n) is 9.56. The van der Waals surface area contributed by atoms with E-state index in [-0.39, 0.29) is 0 Å². The first-order valence-corrected chi connectivity index (χ1v) is 9.56. The highest BCUT2D eigenvalue weighted by Gasteiger charge is 2.10. The van der Waals surface area contributed by atoms with E-state index in [1.54, 1.807) is 13.2 Å². The SMILES string of the molecule is CCCCNC(=NC)NCc1cccnc1Oc1ccccc1OCCC. The van der Waals surface area contributed by atoms with E-state index in [9.17, 15) is 0 Å². The van der Waals surface area contributed by atoms with Crippen LogP contribution in [0.1, 0.15) is 38.7 Å². The van der Waals surface area contributed by atoms with Gasteiger partial charge in [-0.15, -0.1) is 0 Å². The van der Waals surface area contributed by atoms with Gasteiger partial charge in [-0.2, -0.15) is 0 Å². The van der Waals surface area contributed by atoms with E-state index < -0.39 is 0 Å². The molecule has 27 heavy (non-hydrogen) atoms. The van der Waals surface area contributed by atoms with Gasteiger partial charge in [0.25, 0.3) is 0 Å². The second kappa shape index (κ2) is 11.8. The lowest BCUT2D eigenvalue weighted by atomic mass is 10.2. The van der Waals surface area contributed by atoms with Crippen LogP contribution >= 0.6 is 0 Å². The summed E-state index contributed by atoms with van der Waals surface area (Å²) >= 11 is 0. The van der Waals surface area contributed by atoms with Crippen LogP contribution in [0.5, 0.6) is 17.4 Å². The highest BCUT2D eigenvalue weighted by molar-refractivity contribution is 5.79. The van der Waals surface area contributed by atoms with Gasteiger partial charge in [0.2, 0.25) is 5.88 Å². The van der Waals surface area contributed by atoms with Crippen LogP contribution in [0.4, 0.5) is 0 Å². The maximum atomic E-state index is 6.07. The maximum Gasteiger partial charge on any atom is 0.224 e. The Hall–Kier alpha value is -2.76. The van der Waals surface area contributed by atoms with Gasteiger partial charge in [-0.1, -0.05) is 38.5 Å². The van der Waals surface area contributed by atoms with Gasteiger partial charge in [0.05, 0.1) is 6.61 Å². The Kier molecular flexibility index (Phi) is 8.96. The predicted molar refractivity (Wildman–Crippen MR) is 110 cm³/mol. The van der Waals surface area contributed by atoms with E-state index >= 15 is 0 Å². The Balaban J connectivity index is 2.05. The van der Waals surface area contributed by atoms with Crippen LogP contribution in [0, 0.1) is 0 Å². The van der Waals surface area contributed by atoms with Gasteiger partial charge in [-0.25, -0.2) is 4.98 Å². The largest absolute Gasteiger partial charge is 0.490 e. The molecule has 0 bridgehead atoms. The van der Waals surface area contributed by atoms with Crippen LogP contribution in [-0.4, -0.2) is 31.1 Å². The van der Waals surface area contributed by atoms with Crippen molar-refractivity contribution in [2.24, 2.45) is 4.99 Å². The number of ether oxygens (including phenoxy) is 2. The van der Waals surface area contributed by atoms with E-state index in [2.05, 4.69) is 34.5 Å². The molecule has 2 rings (SSSR count). The molecule has 0 fully saturated rings. The number of benzene rings is 1. The Bertz CT molecular complexity index is 719. The van der Waals surface area contributed by atoms with Crippen molar-refractivity contribution in [2.75, 3.05) is 20.2 Å². The summed E-state index contributed by atoms with van der Waals surface area (Å²) in [5.74, 6) is 2.71. The molecule has 0 atom stereocenters. The third-order valence-corrected chi connectivity index (χ3v) is 3.86. The fourth-order valence-electron chi connectivity index (χ4n) is 2.40. The van der Waals surface area contributed by atoms with Crippen LogP contribution in [0.25, 0.3) is 0 Å². The summed E-state index contributed by atoms with van der Waals surface area (Å²) in [4.78, 5) is 8.65. The molecule has 0 aliphatic heterocycles. The Morgan fingerprint density at radius 3 is 2.59 bits per heavy atom. The Labute approximate surface area is 162 Å². The molecule has 1 aromatic carbocycles. The summed E-state index contributed by atoms with van der Waals surface area (Å²) < 4.78 is 11.8. The molecule has 0 spiro atoms. The van der Waals surface area contributed by atoms with Crippen LogP contribution in [-0.2, 0) is 6.54 Å². The first-order chi connectivity index (χ1) is 13.3. The van der Waals surface area contributed by atoms with Gasteiger partial charge < -0.3 is 20.1 Å². The molecule has 0 amide bonds. The van der Waals surface area contributed by atoms with Gasteiger partial charge in [0.1, 0.15) is 0 Å². The fraction of sp³-hybridized carbons (Fsp3) is 0.429. The number of aromatic nitrogens is 1. The van der Waals surface area contributed by atoms with Crippen molar-refractivity contribution < 1.29 is 9.47 Å².